The van der Waals surface area contributed by atoms with Gasteiger partial charge in [0.25, 0.3) is 0 Å². The van der Waals surface area contributed by atoms with E-state index in [4.69, 9.17) is 9.97 Å². The number of rotatable bonds is 8. The molecule has 6 nitrogen and oxygen atoms in total. The number of thiophene rings is 1. The molecule has 12 aromatic rings. The molecule has 0 fully saturated rings. The van der Waals surface area contributed by atoms with Crippen LogP contribution in [-0.4, -0.2) is 19.9 Å². The van der Waals surface area contributed by atoms with Gasteiger partial charge in [-0.3, -0.25) is 9.97 Å². The summed E-state index contributed by atoms with van der Waals surface area (Å²) in [5, 5.41) is 6.92. The van der Waals surface area contributed by atoms with Crippen molar-refractivity contribution in [2.45, 2.75) is 0 Å². The van der Waals surface area contributed by atoms with Crippen LogP contribution in [-0.2, 0) is 0 Å². The third-order valence-electron chi connectivity index (χ3n) is 11.1. The van der Waals surface area contributed by atoms with Crippen LogP contribution in [0.25, 0.3) is 72.5 Å². The van der Waals surface area contributed by atoms with E-state index < -0.39 is 0 Å². The summed E-state index contributed by atoms with van der Waals surface area (Å²) in [6.45, 7) is 0. The molecule has 288 valence electrons. The van der Waals surface area contributed by atoms with Gasteiger partial charge < -0.3 is 9.80 Å². The fourth-order valence-electron chi connectivity index (χ4n) is 8.14. The number of pyridine rings is 2. The summed E-state index contributed by atoms with van der Waals surface area (Å²) in [4.78, 5) is 23.3. The Morgan fingerprint density at radius 1 is 0.344 bits per heavy atom. The van der Waals surface area contributed by atoms with Crippen molar-refractivity contribution in [3.05, 3.63) is 195 Å². The molecule has 0 aliphatic heterocycles. The lowest BCUT2D eigenvalue weighted by atomic mass is 10.0. The number of benzene rings is 7. The SMILES string of the molecule is c1cncc(N(c2ccc(-c3nc4ccccc4s3)cc2)c2ccc3cc4c(cc3c2)sc2cc(N(c3ccc(-c5nc6ccccc6s5)cc3)c3cccnc3)ccc24)c1. The molecule has 0 aliphatic rings. The zero-order valence-electron chi connectivity index (χ0n) is 32.4. The van der Waals surface area contributed by atoms with Crippen LogP contribution >= 0.6 is 34.0 Å². The number of fused-ring (bicyclic) bond motifs is 6. The van der Waals surface area contributed by atoms with Gasteiger partial charge in [-0.25, -0.2) is 9.97 Å². The highest BCUT2D eigenvalue weighted by atomic mass is 32.1. The van der Waals surface area contributed by atoms with Crippen molar-refractivity contribution in [3.8, 4) is 21.1 Å². The quantitative estimate of drug-likeness (QED) is 0.152. The Kier molecular flexibility index (Phi) is 8.62. The summed E-state index contributed by atoms with van der Waals surface area (Å²) in [6.07, 6.45) is 7.48. The average molecular weight is 837 g/mol. The van der Waals surface area contributed by atoms with Gasteiger partial charge in [0.05, 0.1) is 44.2 Å². The van der Waals surface area contributed by atoms with E-state index in [1.807, 2.05) is 60.4 Å². The van der Waals surface area contributed by atoms with E-state index in [1.165, 1.54) is 40.3 Å². The maximum absolute atomic E-state index is 4.90. The van der Waals surface area contributed by atoms with Crippen molar-refractivity contribution < 1.29 is 0 Å². The predicted octanol–water partition coefficient (Wildman–Crippen LogP) is 15.5. The highest BCUT2D eigenvalue weighted by Crippen LogP contribution is 2.44. The van der Waals surface area contributed by atoms with Gasteiger partial charge in [0.1, 0.15) is 10.0 Å². The summed E-state index contributed by atoms with van der Waals surface area (Å²) >= 11 is 5.27. The average Bonchev–Trinajstić information content (AvgIpc) is 4.05. The summed E-state index contributed by atoms with van der Waals surface area (Å²) < 4.78 is 4.86. The van der Waals surface area contributed by atoms with Crippen molar-refractivity contribution in [1.29, 1.82) is 0 Å². The lowest BCUT2D eigenvalue weighted by Gasteiger charge is -2.25. The lowest BCUT2D eigenvalue weighted by Crippen LogP contribution is -2.10. The van der Waals surface area contributed by atoms with Crippen LogP contribution in [0.1, 0.15) is 0 Å². The van der Waals surface area contributed by atoms with E-state index in [0.717, 1.165) is 66.3 Å². The maximum atomic E-state index is 4.90. The summed E-state index contributed by atoms with van der Waals surface area (Å²) in [6, 6.07) is 60.4. The van der Waals surface area contributed by atoms with Gasteiger partial charge in [-0.2, -0.15) is 0 Å². The summed E-state index contributed by atoms with van der Waals surface area (Å²) in [7, 11) is 0. The van der Waals surface area contributed by atoms with Crippen molar-refractivity contribution in [3.63, 3.8) is 0 Å². The molecule has 9 heteroatoms. The first-order valence-electron chi connectivity index (χ1n) is 19.9. The lowest BCUT2D eigenvalue weighted by molar-refractivity contribution is 1.23. The minimum atomic E-state index is 0.995. The molecule has 0 saturated heterocycles. The first-order chi connectivity index (χ1) is 30.2. The first kappa shape index (κ1) is 35.6. The number of aromatic nitrogens is 4. The zero-order valence-corrected chi connectivity index (χ0v) is 34.8. The van der Waals surface area contributed by atoms with Crippen LogP contribution in [0.2, 0.25) is 0 Å². The second-order valence-electron chi connectivity index (χ2n) is 14.8. The number of para-hydroxylation sites is 2. The number of hydrogen-bond donors (Lipinski definition) is 0. The highest BCUT2D eigenvalue weighted by molar-refractivity contribution is 7.26. The van der Waals surface area contributed by atoms with Crippen LogP contribution in [0.5, 0.6) is 0 Å². The Morgan fingerprint density at radius 2 is 0.869 bits per heavy atom. The van der Waals surface area contributed by atoms with Crippen LogP contribution in [0.4, 0.5) is 34.1 Å². The molecule has 0 unspecified atom stereocenters. The number of thiazole rings is 2. The molecule has 0 saturated carbocycles. The fourth-order valence-corrected chi connectivity index (χ4v) is 11.2. The molecule has 0 bridgehead atoms. The number of anilines is 6. The fraction of sp³-hybridized carbons (Fsp3) is 0. The summed E-state index contributed by atoms with van der Waals surface area (Å²) in [5.41, 5.74) is 10.5. The topological polar surface area (TPSA) is 58.0 Å². The Labute approximate surface area is 363 Å². The van der Waals surface area contributed by atoms with E-state index in [2.05, 4.69) is 165 Å². The molecule has 0 amide bonds. The molecule has 0 aliphatic carbocycles. The van der Waals surface area contributed by atoms with Crippen LogP contribution in [0.15, 0.2) is 195 Å². The number of hydrogen-bond acceptors (Lipinski definition) is 9. The van der Waals surface area contributed by atoms with E-state index in [1.54, 1.807) is 22.7 Å². The maximum Gasteiger partial charge on any atom is 0.124 e. The molecule has 0 atom stereocenters. The molecule has 5 aromatic heterocycles. The summed E-state index contributed by atoms with van der Waals surface area (Å²) in [5.74, 6) is 0. The molecular formula is C52H32N6S3. The number of nitrogens with zero attached hydrogens (tertiary/aromatic N) is 6. The van der Waals surface area contributed by atoms with Crippen molar-refractivity contribution >= 4 is 120 Å². The molecular weight excluding hydrogens is 805 g/mol. The van der Waals surface area contributed by atoms with E-state index in [0.29, 0.717) is 0 Å². The standard InChI is InChI=1S/C52H32N6S3/c1-3-11-47-45(9-1)55-51(60-47)33-13-18-37(19-14-33)57(41-7-5-25-53-31-41)39-22-17-35-28-44-43-24-23-40(30-50(43)59-49(44)29-36(35)27-39)58(42-8-6-26-54-32-42)38-20-15-34(16-21-38)52-56-46-10-2-4-12-48(46)61-52/h1-32H. The Morgan fingerprint density at radius 3 is 1.43 bits per heavy atom. The van der Waals surface area contributed by atoms with E-state index in [-0.39, 0.29) is 0 Å². The van der Waals surface area contributed by atoms with Crippen LogP contribution in [0.3, 0.4) is 0 Å². The van der Waals surface area contributed by atoms with Gasteiger partial charge in [0, 0.05) is 66.4 Å². The normalized spacial score (nSPS) is 11.6. The molecule has 12 rings (SSSR count). The van der Waals surface area contributed by atoms with Gasteiger partial charge >= 0.3 is 0 Å². The minimum Gasteiger partial charge on any atom is -0.309 e. The molecule has 0 spiro atoms. The van der Waals surface area contributed by atoms with Crippen molar-refractivity contribution in [2.24, 2.45) is 0 Å². The largest absolute Gasteiger partial charge is 0.309 e. The van der Waals surface area contributed by atoms with Gasteiger partial charge in [0.15, 0.2) is 0 Å². The van der Waals surface area contributed by atoms with Gasteiger partial charge in [-0.05, 0) is 144 Å². The third-order valence-corrected chi connectivity index (χ3v) is 14.3. The smallest absolute Gasteiger partial charge is 0.124 e. The molecule has 61 heavy (non-hydrogen) atoms. The Bertz CT molecular complexity index is 3310. The van der Waals surface area contributed by atoms with Gasteiger partial charge in [0.2, 0.25) is 0 Å². The van der Waals surface area contributed by atoms with E-state index >= 15 is 0 Å². The van der Waals surface area contributed by atoms with Gasteiger partial charge in [-0.15, -0.1) is 34.0 Å². The van der Waals surface area contributed by atoms with Crippen molar-refractivity contribution in [2.75, 3.05) is 9.80 Å². The second-order valence-corrected chi connectivity index (χ2v) is 18.0. The minimum absolute atomic E-state index is 0.995. The molecule has 7 aromatic carbocycles. The molecule has 0 radical (unpaired) electrons. The Hall–Kier alpha value is -7.30. The Balaban J connectivity index is 0.903. The van der Waals surface area contributed by atoms with Crippen molar-refractivity contribution in [1.82, 2.24) is 19.9 Å². The van der Waals surface area contributed by atoms with Crippen LogP contribution in [0, 0.1) is 0 Å². The molecule has 0 N–H and O–H groups in total. The predicted molar refractivity (Wildman–Crippen MR) is 259 cm³/mol. The molecule has 5 heterocycles. The second kappa shape index (κ2) is 14.8. The highest BCUT2D eigenvalue weighted by Gasteiger charge is 2.18. The van der Waals surface area contributed by atoms with Gasteiger partial charge in [-0.1, -0.05) is 36.4 Å². The monoisotopic (exact) mass is 836 g/mol. The third kappa shape index (κ3) is 6.47. The van der Waals surface area contributed by atoms with E-state index in [9.17, 15) is 0 Å². The first-order valence-corrected chi connectivity index (χ1v) is 22.4. The zero-order chi connectivity index (χ0) is 40.3. The van der Waals surface area contributed by atoms with Crippen LogP contribution < -0.4 is 9.80 Å².